The minimum Gasteiger partial charge on any atom is -0.375 e. The first kappa shape index (κ1) is 22.9. The number of rotatable bonds is 8. The van der Waals surface area contributed by atoms with Crippen LogP contribution in [0, 0.1) is 17.7 Å². The Bertz CT molecular complexity index is 1170. The molecule has 4 heterocycles. The van der Waals surface area contributed by atoms with Crippen molar-refractivity contribution in [3.05, 3.63) is 35.6 Å². The highest BCUT2D eigenvalue weighted by atomic mass is 19.1. The van der Waals surface area contributed by atoms with Crippen molar-refractivity contribution in [2.45, 2.75) is 32.6 Å². The average Bonchev–Trinajstić information content (AvgIpc) is 3.49. The number of ether oxygens (including phenoxy) is 1. The van der Waals surface area contributed by atoms with Crippen molar-refractivity contribution in [2.75, 3.05) is 46.4 Å². The second-order valence-corrected chi connectivity index (χ2v) is 9.79. The van der Waals surface area contributed by atoms with Gasteiger partial charge in [-0.1, -0.05) is 26.0 Å². The van der Waals surface area contributed by atoms with Crippen LogP contribution < -0.4 is 0 Å². The van der Waals surface area contributed by atoms with Gasteiger partial charge in [-0.25, -0.2) is 4.39 Å². The Morgan fingerprint density at radius 1 is 1.26 bits per heavy atom. The zero-order chi connectivity index (χ0) is 23.8. The van der Waals surface area contributed by atoms with Gasteiger partial charge in [-0.2, -0.15) is 14.8 Å². The van der Waals surface area contributed by atoms with E-state index < -0.39 is 0 Å². The number of halogens is 1. The highest BCUT2D eigenvalue weighted by Gasteiger charge is 2.34. The van der Waals surface area contributed by atoms with E-state index in [1.54, 1.807) is 13.2 Å². The van der Waals surface area contributed by atoms with E-state index in [2.05, 4.69) is 20.1 Å². The molecule has 0 radical (unpaired) electrons. The van der Waals surface area contributed by atoms with Crippen LogP contribution >= 0.6 is 0 Å². The fourth-order valence-corrected chi connectivity index (χ4v) is 5.10. The Morgan fingerprint density at radius 3 is 2.85 bits per heavy atom. The molecule has 0 spiro atoms. The first-order valence-electron chi connectivity index (χ1n) is 11.9. The van der Waals surface area contributed by atoms with Gasteiger partial charge in [-0.3, -0.25) is 4.79 Å². The van der Waals surface area contributed by atoms with Gasteiger partial charge in [0, 0.05) is 51.0 Å². The van der Waals surface area contributed by atoms with Crippen LogP contribution in [0.1, 0.15) is 37.8 Å². The highest BCUT2D eigenvalue weighted by Crippen LogP contribution is 2.29. The van der Waals surface area contributed by atoms with E-state index in [0.29, 0.717) is 29.7 Å². The van der Waals surface area contributed by atoms with Crippen LogP contribution in [-0.2, 0) is 16.0 Å². The van der Waals surface area contributed by atoms with Crippen LogP contribution in [-0.4, -0.2) is 82.1 Å². The van der Waals surface area contributed by atoms with Crippen LogP contribution in [0.25, 0.3) is 16.9 Å². The van der Waals surface area contributed by atoms with E-state index in [1.165, 1.54) is 10.7 Å². The summed E-state index contributed by atoms with van der Waals surface area (Å²) in [6.07, 6.45) is 1.75. The monoisotopic (exact) mass is 470 g/mol. The summed E-state index contributed by atoms with van der Waals surface area (Å²) in [6, 6.07) is 5.00. The lowest BCUT2D eigenvalue weighted by molar-refractivity contribution is -0.141. The van der Waals surface area contributed by atoms with Gasteiger partial charge in [-0.05, 0) is 36.0 Å². The van der Waals surface area contributed by atoms with Gasteiger partial charge in [0.05, 0.1) is 5.69 Å². The van der Waals surface area contributed by atoms with Crippen LogP contribution in [0.2, 0.25) is 0 Å². The number of hydrogen-bond acceptors (Lipinski definition) is 7. The van der Waals surface area contributed by atoms with Crippen LogP contribution in [0.3, 0.4) is 0 Å². The summed E-state index contributed by atoms with van der Waals surface area (Å²) in [6.45, 7) is 8.83. The zero-order valence-corrected chi connectivity index (χ0v) is 19.9. The lowest BCUT2D eigenvalue weighted by Crippen LogP contribution is -2.54. The molecule has 0 saturated carbocycles. The molecule has 1 atom stereocenters. The molecule has 2 aromatic heterocycles. The molecule has 5 rings (SSSR count). The summed E-state index contributed by atoms with van der Waals surface area (Å²) in [7, 11) is 1.55. The average molecular weight is 471 g/mol. The number of fused-ring (bicyclic) bond motifs is 1. The predicted octanol–water partition coefficient (Wildman–Crippen LogP) is 2.64. The van der Waals surface area contributed by atoms with Gasteiger partial charge in [0.15, 0.2) is 0 Å². The summed E-state index contributed by atoms with van der Waals surface area (Å²) in [5.41, 5.74) is 1.19. The number of methoxy groups -OCH3 is 1. The molecule has 10 heteroatoms. The third-order valence-electron chi connectivity index (χ3n) is 6.80. The predicted molar refractivity (Wildman–Crippen MR) is 123 cm³/mol. The number of likely N-dealkylation sites (tertiary alicyclic amines) is 2. The number of benzene rings is 1. The molecule has 0 N–H and O–H groups in total. The molecule has 34 heavy (non-hydrogen) atoms. The normalized spacial score (nSPS) is 19.4. The third kappa shape index (κ3) is 4.44. The van der Waals surface area contributed by atoms with Crippen molar-refractivity contribution in [3.8, 4) is 5.95 Å². The lowest BCUT2D eigenvalue weighted by Gasteiger charge is -2.41. The number of carbonyl (C=O) groups is 1. The quantitative estimate of drug-likeness (QED) is 0.500. The molecular formula is C24H31FN6O3. The number of hydrogen-bond donors (Lipinski definition) is 0. The van der Waals surface area contributed by atoms with E-state index in [4.69, 9.17) is 9.26 Å². The molecule has 2 saturated heterocycles. The van der Waals surface area contributed by atoms with Gasteiger partial charge in [-0.15, -0.1) is 0 Å². The lowest BCUT2D eigenvalue weighted by atomic mass is 9.99. The van der Waals surface area contributed by atoms with E-state index in [-0.39, 0.29) is 30.2 Å². The molecule has 3 aromatic rings. The molecule has 0 unspecified atom stereocenters. The maximum atomic E-state index is 14.7. The van der Waals surface area contributed by atoms with Gasteiger partial charge >= 0.3 is 0 Å². The van der Waals surface area contributed by atoms with Crippen molar-refractivity contribution in [1.29, 1.82) is 0 Å². The standard InChI is InChI=1S/C24H31FN6O3/c1-15(2)22-18-5-4-6-19(25)23(18)31(27-22)24-26-20(34-28-24)9-16-7-8-29(10-16)11-17-12-30(13-17)21(32)14-33-3/h4-6,15-17H,7-14H2,1-3H3/t16-/m1/s1. The van der Waals surface area contributed by atoms with Gasteiger partial charge < -0.3 is 19.1 Å². The number of para-hydroxylation sites is 1. The van der Waals surface area contributed by atoms with Crippen molar-refractivity contribution in [3.63, 3.8) is 0 Å². The second-order valence-electron chi connectivity index (χ2n) is 9.79. The molecule has 1 amide bonds. The van der Waals surface area contributed by atoms with Crippen molar-refractivity contribution < 1.29 is 18.4 Å². The summed E-state index contributed by atoms with van der Waals surface area (Å²) in [5.74, 6) is 1.62. The van der Waals surface area contributed by atoms with Gasteiger partial charge in [0.1, 0.15) is 17.9 Å². The molecule has 2 aliphatic heterocycles. The fourth-order valence-electron chi connectivity index (χ4n) is 5.10. The minimum atomic E-state index is -0.354. The van der Waals surface area contributed by atoms with Crippen LogP contribution in [0.5, 0.6) is 0 Å². The Balaban J connectivity index is 1.20. The summed E-state index contributed by atoms with van der Waals surface area (Å²) in [4.78, 5) is 20.7. The molecule has 2 aliphatic rings. The summed E-state index contributed by atoms with van der Waals surface area (Å²) < 4.78 is 26.6. The van der Waals surface area contributed by atoms with Gasteiger partial charge in [0.25, 0.3) is 5.95 Å². The topological polar surface area (TPSA) is 89.5 Å². The summed E-state index contributed by atoms with van der Waals surface area (Å²) >= 11 is 0. The minimum absolute atomic E-state index is 0.0654. The Morgan fingerprint density at radius 2 is 2.09 bits per heavy atom. The Labute approximate surface area is 197 Å². The maximum absolute atomic E-state index is 14.7. The fraction of sp³-hybridized carbons (Fsp3) is 0.583. The highest BCUT2D eigenvalue weighted by molar-refractivity contribution is 5.84. The van der Waals surface area contributed by atoms with Crippen molar-refractivity contribution in [2.24, 2.45) is 11.8 Å². The van der Waals surface area contributed by atoms with Crippen molar-refractivity contribution in [1.82, 2.24) is 29.7 Å². The van der Waals surface area contributed by atoms with Crippen molar-refractivity contribution >= 4 is 16.8 Å². The van der Waals surface area contributed by atoms with Crippen LogP contribution in [0.4, 0.5) is 4.39 Å². The SMILES string of the molecule is COCC(=O)N1CC(CN2CC[C@H](Cc3nc(-n4nc(C(C)C)c5cccc(F)c54)no3)C2)C1. The molecule has 0 aliphatic carbocycles. The van der Waals surface area contributed by atoms with Crippen LogP contribution in [0.15, 0.2) is 22.7 Å². The third-order valence-corrected chi connectivity index (χ3v) is 6.80. The molecule has 2 fully saturated rings. The number of nitrogens with zero attached hydrogens (tertiary/aromatic N) is 6. The number of amides is 1. The first-order valence-corrected chi connectivity index (χ1v) is 11.9. The number of aromatic nitrogens is 4. The molecule has 0 bridgehead atoms. The molecule has 9 nitrogen and oxygen atoms in total. The van der Waals surface area contributed by atoms with E-state index >= 15 is 0 Å². The van der Waals surface area contributed by atoms with E-state index in [1.807, 2.05) is 24.8 Å². The largest absolute Gasteiger partial charge is 0.375 e. The van der Waals surface area contributed by atoms with E-state index in [0.717, 1.165) is 50.2 Å². The zero-order valence-electron chi connectivity index (χ0n) is 19.9. The smallest absolute Gasteiger partial charge is 0.291 e. The summed E-state index contributed by atoms with van der Waals surface area (Å²) in [5, 5.41) is 9.48. The maximum Gasteiger partial charge on any atom is 0.291 e. The molecule has 182 valence electrons. The van der Waals surface area contributed by atoms with Gasteiger partial charge in [0.2, 0.25) is 11.8 Å². The number of carbonyl (C=O) groups excluding carboxylic acids is 1. The Kier molecular flexibility index (Phi) is 6.35. The van der Waals surface area contributed by atoms with E-state index in [9.17, 15) is 9.18 Å². The second kappa shape index (κ2) is 9.42. The molecular weight excluding hydrogens is 439 g/mol. The first-order chi connectivity index (χ1) is 16.4. The Hall–Kier alpha value is -2.85. The molecule has 1 aromatic carbocycles.